The number of carbonyl (C=O) groups excluding carboxylic acids is 10. The van der Waals surface area contributed by atoms with Crippen LogP contribution in [0.4, 0.5) is 0 Å². The Morgan fingerprint density at radius 3 is 1.59 bits per heavy atom. The second kappa shape index (κ2) is 40.1. The summed E-state index contributed by atoms with van der Waals surface area (Å²) in [5.74, 6) is -3.00. The number of hydrogen-bond donors (Lipinski definition) is 4. The summed E-state index contributed by atoms with van der Waals surface area (Å²) in [7, 11) is 5.84. The standard InChI is InChI=1S/C72H96N12O15/c1-51(2)37-80(45-71(93)83(38-53-18-10-8-11-19-53)46-70(92)81(41-64(75)86)39-56-24-27-60-63(34-56)99-50-98-60)67(89)42-77(4)66(88)48-84(52(3)57-20-12-9-13-21-57)72(94)47-79(31-17-15-29-74)68(90)43-78(30-16-14-28-73)69(91)44-82(40-55-23-26-59(95-5)62(33-55)97-7)65(87)36-76-35-54-22-25-58(49-85)61(32-54)96-6/h8-13,18-27,32-34,49,51-52,76H,14-17,28-31,35-48,50,73-74H2,1-7H3,(H2,75,86)/p+1. The average Bonchev–Trinajstić information content (AvgIpc) is 1.80. The third-order valence-electron chi connectivity index (χ3n) is 16.5. The first kappa shape index (κ1) is 78.0. The topological polar surface area (TPSA) is 334 Å². The number of nitrogens with two attached hydrogens (primary N) is 2. The van der Waals surface area contributed by atoms with Crippen LogP contribution >= 0.6 is 0 Å². The third-order valence-corrected chi connectivity index (χ3v) is 16.5. The first-order valence-corrected chi connectivity index (χ1v) is 33.0. The van der Waals surface area contributed by atoms with E-state index in [-0.39, 0.29) is 78.2 Å². The van der Waals surface area contributed by atoms with E-state index in [1.54, 1.807) is 116 Å². The molecule has 9 amide bonds. The van der Waals surface area contributed by atoms with E-state index in [0.29, 0.717) is 95.1 Å². The molecule has 1 aliphatic rings. The molecule has 1 heterocycles. The lowest BCUT2D eigenvalue weighted by Crippen LogP contribution is -2.62. The van der Waals surface area contributed by atoms with Crippen LogP contribution in [0.2, 0.25) is 0 Å². The van der Waals surface area contributed by atoms with E-state index in [1.807, 2.05) is 19.9 Å². The van der Waals surface area contributed by atoms with Crippen molar-refractivity contribution in [3.05, 3.63) is 149 Å². The zero-order chi connectivity index (χ0) is 72.0. The van der Waals surface area contributed by atoms with Gasteiger partial charge in [-0.25, -0.2) is 4.79 Å². The summed E-state index contributed by atoms with van der Waals surface area (Å²) in [6, 6.07) is 32.5. The van der Waals surface area contributed by atoms with Crippen LogP contribution in [0.15, 0.2) is 115 Å². The van der Waals surface area contributed by atoms with Gasteiger partial charge in [-0.1, -0.05) is 92.7 Å². The summed E-state index contributed by atoms with van der Waals surface area (Å²) in [6.07, 6.45) is 2.47. The Morgan fingerprint density at radius 2 is 1.00 bits per heavy atom. The smallest absolute Gasteiger partial charge is 0.328 e. The molecule has 0 radical (unpaired) electrons. The SMILES string of the molecule is COc1cc(CNCC(=O)N(CC(=O)N(CCCCN)CC(=O)N(CCCCN)CC(=O)N(CC(=O)N(C)CC(=O)N(CC(=O)N(CC(=O)N(CC([NH3+])=O)Cc2ccc3c(c2)OCO3)Cc2ccccc2)CC(C)C)C(C)c2ccccc2)Cc2ccc(OC)c(OC)c2)ccc1C=O. The van der Waals surface area contributed by atoms with Crippen LogP contribution in [-0.2, 0) is 69.3 Å². The van der Waals surface area contributed by atoms with Gasteiger partial charge in [0.05, 0.1) is 65.7 Å². The Kier molecular flexibility index (Phi) is 31.6. The molecule has 0 fully saturated rings. The van der Waals surface area contributed by atoms with Crippen molar-refractivity contribution in [2.45, 2.75) is 78.7 Å². The van der Waals surface area contributed by atoms with Gasteiger partial charge in [0.1, 0.15) is 31.9 Å². The lowest BCUT2D eigenvalue weighted by Gasteiger charge is -2.34. The number of unbranched alkanes of at least 4 members (excludes halogenated alkanes) is 2. The fourth-order valence-corrected chi connectivity index (χ4v) is 11.1. The van der Waals surface area contributed by atoms with Gasteiger partial charge in [-0.05, 0) is 116 Å². The minimum absolute atomic E-state index is 0.00547. The molecular weight excluding hydrogens is 1270 g/mol. The molecule has 0 bridgehead atoms. The molecule has 0 spiro atoms. The predicted molar refractivity (Wildman–Crippen MR) is 368 cm³/mol. The zero-order valence-corrected chi connectivity index (χ0v) is 58.0. The second-order valence-electron chi connectivity index (χ2n) is 24.6. The molecule has 27 heteroatoms. The number of benzene rings is 5. The lowest BCUT2D eigenvalue weighted by atomic mass is 10.1. The Morgan fingerprint density at radius 1 is 0.505 bits per heavy atom. The second-order valence-corrected chi connectivity index (χ2v) is 24.6. The number of methoxy groups -OCH3 is 3. The molecule has 1 aliphatic heterocycles. The highest BCUT2D eigenvalue weighted by molar-refractivity contribution is 5.94. The normalized spacial score (nSPS) is 11.6. The van der Waals surface area contributed by atoms with E-state index < -0.39 is 105 Å². The summed E-state index contributed by atoms with van der Waals surface area (Å²) < 4.78 is 27.3. The zero-order valence-electron chi connectivity index (χ0n) is 58.0. The van der Waals surface area contributed by atoms with Crippen molar-refractivity contribution in [2.24, 2.45) is 17.4 Å². The molecule has 27 nitrogen and oxygen atoms in total. The van der Waals surface area contributed by atoms with Crippen LogP contribution in [0.5, 0.6) is 28.7 Å². The van der Waals surface area contributed by atoms with Crippen LogP contribution < -0.4 is 46.2 Å². The highest BCUT2D eigenvalue weighted by Gasteiger charge is 2.33. The van der Waals surface area contributed by atoms with Gasteiger partial charge >= 0.3 is 5.91 Å². The van der Waals surface area contributed by atoms with Gasteiger partial charge in [-0.2, -0.15) is 0 Å². The number of amides is 9. The maximum absolute atomic E-state index is 15.1. The van der Waals surface area contributed by atoms with Crippen LogP contribution in [0.1, 0.15) is 90.7 Å². The summed E-state index contributed by atoms with van der Waals surface area (Å²) in [6.45, 7) is 2.49. The summed E-state index contributed by atoms with van der Waals surface area (Å²) in [5, 5.41) is 3.13. The molecule has 534 valence electrons. The Bertz CT molecular complexity index is 3530. The van der Waals surface area contributed by atoms with Crippen LogP contribution in [0.3, 0.4) is 0 Å². The number of ether oxygens (including phenoxy) is 5. The van der Waals surface area contributed by atoms with Gasteiger partial charge < -0.3 is 79.7 Å². The van der Waals surface area contributed by atoms with Crippen molar-refractivity contribution in [3.8, 4) is 28.7 Å². The maximum Gasteiger partial charge on any atom is 0.328 e. The van der Waals surface area contributed by atoms with E-state index in [4.69, 9.17) is 35.2 Å². The number of aldehydes is 1. The third kappa shape index (κ3) is 24.5. The van der Waals surface area contributed by atoms with Gasteiger partial charge in [-0.15, -0.1) is 0 Å². The maximum atomic E-state index is 15.1. The van der Waals surface area contributed by atoms with Gasteiger partial charge in [0.2, 0.25) is 54.1 Å². The molecule has 5 aromatic rings. The van der Waals surface area contributed by atoms with E-state index in [9.17, 15) is 43.2 Å². The van der Waals surface area contributed by atoms with E-state index in [2.05, 4.69) is 11.1 Å². The summed E-state index contributed by atoms with van der Waals surface area (Å²) >= 11 is 0. The van der Waals surface area contributed by atoms with Crippen LogP contribution in [-0.4, -0.2) is 225 Å². The van der Waals surface area contributed by atoms with Crippen LogP contribution in [0.25, 0.3) is 0 Å². The van der Waals surface area contributed by atoms with Crippen molar-refractivity contribution < 1.29 is 77.4 Å². The Balaban J connectivity index is 1.20. The molecule has 0 aliphatic carbocycles. The number of rotatable bonds is 42. The number of hydrogen-bond acceptors (Lipinski definition) is 18. The van der Waals surface area contributed by atoms with Gasteiger partial charge in [0, 0.05) is 52.9 Å². The number of carbonyl (C=O) groups is 10. The van der Waals surface area contributed by atoms with Crippen molar-refractivity contribution in [1.82, 2.24) is 44.5 Å². The Hall–Kier alpha value is -9.96. The molecule has 1 atom stereocenters. The minimum atomic E-state index is -0.746. The first-order valence-electron chi connectivity index (χ1n) is 33.0. The average molecular weight is 1370 g/mol. The van der Waals surface area contributed by atoms with Crippen molar-refractivity contribution in [1.29, 1.82) is 0 Å². The van der Waals surface area contributed by atoms with Gasteiger partial charge in [0.25, 0.3) is 0 Å². The Labute approximate surface area is 579 Å². The van der Waals surface area contributed by atoms with E-state index in [0.717, 1.165) is 5.56 Å². The fraction of sp³-hybridized carbons (Fsp3) is 0.444. The van der Waals surface area contributed by atoms with Crippen LogP contribution in [0, 0.1) is 5.92 Å². The number of nitrogens with zero attached hydrogens (tertiary/aromatic N) is 8. The monoisotopic (exact) mass is 1370 g/mol. The molecule has 8 N–H and O–H groups in total. The number of nitrogens with one attached hydrogen (secondary N) is 1. The van der Waals surface area contributed by atoms with E-state index >= 15 is 4.79 Å². The highest BCUT2D eigenvalue weighted by atomic mass is 16.7. The summed E-state index contributed by atoms with van der Waals surface area (Å²) in [4.78, 5) is 152. The van der Waals surface area contributed by atoms with Crippen molar-refractivity contribution in [3.63, 3.8) is 0 Å². The van der Waals surface area contributed by atoms with Gasteiger partial charge in [-0.3, -0.25) is 48.9 Å². The van der Waals surface area contributed by atoms with Crippen molar-refractivity contribution >= 4 is 59.5 Å². The molecule has 5 aromatic carbocycles. The predicted octanol–water partition coefficient (Wildman–Crippen LogP) is 2.87. The van der Waals surface area contributed by atoms with Crippen molar-refractivity contribution in [2.75, 3.05) is 127 Å². The fourth-order valence-electron chi connectivity index (χ4n) is 11.1. The van der Waals surface area contributed by atoms with Gasteiger partial charge in [0.15, 0.2) is 29.3 Å². The summed E-state index contributed by atoms with van der Waals surface area (Å²) in [5.41, 5.74) is 19.1. The lowest BCUT2D eigenvalue weighted by molar-refractivity contribution is -0.306. The molecule has 0 saturated heterocycles. The molecule has 6 rings (SSSR count). The molecule has 1 unspecified atom stereocenters. The molecule has 99 heavy (non-hydrogen) atoms. The highest BCUT2D eigenvalue weighted by Crippen LogP contribution is 2.33. The molecule has 0 aromatic heterocycles. The number of likely N-dealkylation sites (N-methyl/N-ethyl adjacent to an activating group) is 1. The molecule has 0 saturated carbocycles. The number of quaternary nitrogens is 1. The first-order chi connectivity index (χ1) is 47.6. The minimum Gasteiger partial charge on any atom is -0.496 e. The van der Waals surface area contributed by atoms with E-state index in [1.165, 1.54) is 67.6 Å². The number of fused-ring (bicyclic) bond motifs is 1. The molecular formula is C72H97N12O15+. The quantitative estimate of drug-likeness (QED) is 0.0322. The largest absolute Gasteiger partial charge is 0.496 e.